The quantitative estimate of drug-likeness (QED) is 0.362. The number of hydrogen-bond donors (Lipinski definition) is 0. The lowest BCUT2D eigenvalue weighted by Gasteiger charge is -2.10. The maximum absolute atomic E-state index is 11.0. The molecule has 0 saturated heterocycles. The molecule has 0 aliphatic heterocycles. The van der Waals surface area contributed by atoms with Crippen LogP contribution in [0.3, 0.4) is 0 Å². The van der Waals surface area contributed by atoms with E-state index in [1.165, 1.54) is 18.2 Å². The second kappa shape index (κ2) is 6.56. The van der Waals surface area contributed by atoms with Gasteiger partial charge in [0.1, 0.15) is 5.75 Å². The summed E-state index contributed by atoms with van der Waals surface area (Å²) in [5, 5.41) is 11.9. The van der Waals surface area contributed by atoms with Crippen molar-refractivity contribution < 1.29 is 9.66 Å². The predicted molar refractivity (Wildman–Crippen MR) is 85.0 cm³/mol. The molecule has 0 amide bonds. The lowest BCUT2D eigenvalue weighted by atomic mass is 10.2. The van der Waals surface area contributed by atoms with Crippen molar-refractivity contribution >= 4 is 49.1 Å². The average Bonchev–Trinajstić information content (AvgIpc) is 2.40. The van der Waals surface area contributed by atoms with Gasteiger partial charge in [0.05, 0.1) is 4.92 Å². The summed E-state index contributed by atoms with van der Waals surface area (Å²) < 4.78 is 6.55. The monoisotopic (exact) mass is 419 g/mol. The van der Waals surface area contributed by atoms with Crippen molar-refractivity contribution in [3.8, 4) is 11.5 Å². The van der Waals surface area contributed by atoms with Gasteiger partial charge in [0.25, 0.3) is 0 Å². The highest BCUT2D eigenvalue weighted by Gasteiger charge is 2.17. The van der Waals surface area contributed by atoms with Gasteiger partial charge in [0.15, 0.2) is 0 Å². The molecule has 0 saturated carbocycles. The van der Waals surface area contributed by atoms with Crippen molar-refractivity contribution in [2.75, 3.05) is 0 Å². The van der Waals surface area contributed by atoms with Crippen molar-refractivity contribution in [2.24, 2.45) is 0 Å². The molecule has 104 valence electrons. The molecule has 20 heavy (non-hydrogen) atoms. The van der Waals surface area contributed by atoms with E-state index < -0.39 is 4.92 Å². The van der Waals surface area contributed by atoms with E-state index in [1.807, 2.05) is 6.07 Å². The number of rotatable bonds is 4. The third-order valence-electron chi connectivity index (χ3n) is 2.50. The Hall–Kier alpha value is -1.11. The minimum absolute atomic E-state index is 0.118. The van der Waals surface area contributed by atoms with Gasteiger partial charge in [-0.3, -0.25) is 10.1 Å². The Labute approximate surface area is 137 Å². The normalized spacial score (nSPS) is 10.3. The Bertz CT molecular complexity index is 664. The minimum Gasteiger partial charge on any atom is -0.450 e. The number of halogens is 3. The molecule has 0 bridgehead atoms. The van der Waals surface area contributed by atoms with Crippen LogP contribution in [-0.4, -0.2) is 4.92 Å². The topological polar surface area (TPSA) is 52.4 Å². The number of hydrogen-bond acceptors (Lipinski definition) is 3. The zero-order valence-corrected chi connectivity index (χ0v) is 13.9. The van der Waals surface area contributed by atoms with Crippen molar-refractivity contribution in [3.63, 3.8) is 0 Å². The molecule has 4 nitrogen and oxygen atoms in total. The zero-order valence-electron chi connectivity index (χ0n) is 9.98. The van der Waals surface area contributed by atoms with Gasteiger partial charge in [-0.25, -0.2) is 0 Å². The van der Waals surface area contributed by atoms with Gasteiger partial charge in [-0.2, -0.15) is 0 Å². The predicted octanol–water partition coefficient (Wildman–Crippen LogP) is 5.70. The van der Waals surface area contributed by atoms with Crippen molar-refractivity contribution in [1.82, 2.24) is 0 Å². The molecule has 0 N–H and O–H groups in total. The van der Waals surface area contributed by atoms with Crippen LogP contribution in [0.2, 0.25) is 5.02 Å². The largest absolute Gasteiger partial charge is 0.450 e. The second-order valence-corrected chi connectivity index (χ2v) is 5.77. The second-order valence-electron chi connectivity index (χ2n) is 3.86. The fourth-order valence-corrected chi connectivity index (χ4v) is 2.60. The standard InChI is InChI=1S/C13H8Br2ClNO3/c14-7-8-5-9(15)1-4-12(8)20-13-6-10(16)2-3-11(13)17(18)19/h1-6H,7H2. The third kappa shape index (κ3) is 3.50. The number of nitro groups is 1. The highest BCUT2D eigenvalue weighted by atomic mass is 79.9. The van der Waals surface area contributed by atoms with E-state index in [0.29, 0.717) is 16.1 Å². The van der Waals surface area contributed by atoms with E-state index in [1.54, 1.807) is 12.1 Å². The van der Waals surface area contributed by atoms with Crippen LogP contribution < -0.4 is 4.74 Å². The van der Waals surface area contributed by atoms with E-state index in [9.17, 15) is 10.1 Å². The Morgan fingerprint density at radius 1 is 1.20 bits per heavy atom. The molecule has 0 unspecified atom stereocenters. The molecule has 0 radical (unpaired) electrons. The summed E-state index contributed by atoms with van der Waals surface area (Å²) in [6.45, 7) is 0. The Morgan fingerprint density at radius 3 is 2.60 bits per heavy atom. The van der Waals surface area contributed by atoms with Gasteiger partial charge in [-0.1, -0.05) is 43.5 Å². The number of benzene rings is 2. The number of nitrogens with zero attached hydrogens (tertiary/aromatic N) is 1. The van der Waals surface area contributed by atoms with Crippen LogP contribution in [0.5, 0.6) is 11.5 Å². The SMILES string of the molecule is O=[N+]([O-])c1ccc(Cl)cc1Oc1ccc(Br)cc1CBr. The maximum Gasteiger partial charge on any atom is 0.311 e. The number of nitro benzene ring substituents is 1. The first kappa shape index (κ1) is 15.3. The average molecular weight is 421 g/mol. The maximum atomic E-state index is 11.0. The summed E-state index contributed by atoms with van der Waals surface area (Å²) in [6, 6.07) is 9.63. The van der Waals surface area contributed by atoms with Crippen LogP contribution in [0.15, 0.2) is 40.9 Å². The van der Waals surface area contributed by atoms with E-state index in [-0.39, 0.29) is 11.4 Å². The third-order valence-corrected chi connectivity index (χ3v) is 3.84. The van der Waals surface area contributed by atoms with Gasteiger partial charge < -0.3 is 4.74 Å². The van der Waals surface area contributed by atoms with E-state index in [4.69, 9.17) is 16.3 Å². The molecule has 0 aromatic heterocycles. The minimum atomic E-state index is -0.502. The first-order chi connectivity index (χ1) is 9.51. The van der Waals surface area contributed by atoms with Crippen LogP contribution in [0.1, 0.15) is 5.56 Å². The molecule has 2 aromatic carbocycles. The number of ether oxygens (including phenoxy) is 1. The summed E-state index contributed by atoms with van der Waals surface area (Å²) >= 11 is 12.6. The Kier molecular flexibility index (Phi) is 5.01. The first-order valence-electron chi connectivity index (χ1n) is 5.47. The highest BCUT2D eigenvalue weighted by Crippen LogP contribution is 2.36. The van der Waals surface area contributed by atoms with Crippen LogP contribution >= 0.6 is 43.5 Å². The first-order valence-corrected chi connectivity index (χ1v) is 7.76. The lowest BCUT2D eigenvalue weighted by Crippen LogP contribution is -1.95. The summed E-state index contributed by atoms with van der Waals surface area (Å²) in [4.78, 5) is 10.5. The van der Waals surface area contributed by atoms with Gasteiger partial charge in [-0.05, 0) is 24.3 Å². The van der Waals surface area contributed by atoms with Crippen LogP contribution in [-0.2, 0) is 5.33 Å². The van der Waals surface area contributed by atoms with Crippen molar-refractivity contribution in [3.05, 3.63) is 61.6 Å². The van der Waals surface area contributed by atoms with Crippen molar-refractivity contribution in [2.45, 2.75) is 5.33 Å². The van der Waals surface area contributed by atoms with Crippen LogP contribution in [0.25, 0.3) is 0 Å². The summed E-state index contributed by atoms with van der Waals surface area (Å²) in [6.07, 6.45) is 0. The molecule has 0 fully saturated rings. The van der Waals surface area contributed by atoms with E-state index in [2.05, 4.69) is 31.9 Å². The van der Waals surface area contributed by atoms with E-state index in [0.717, 1.165) is 10.0 Å². The lowest BCUT2D eigenvalue weighted by molar-refractivity contribution is -0.385. The Morgan fingerprint density at radius 2 is 1.95 bits per heavy atom. The molecule has 0 spiro atoms. The molecular formula is C13H8Br2ClNO3. The fourth-order valence-electron chi connectivity index (χ4n) is 1.59. The van der Waals surface area contributed by atoms with Gasteiger partial charge >= 0.3 is 5.69 Å². The molecule has 0 aliphatic rings. The molecular weight excluding hydrogens is 413 g/mol. The van der Waals surface area contributed by atoms with Crippen molar-refractivity contribution in [1.29, 1.82) is 0 Å². The molecule has 0 atom stereocenters. The van der Waals surface area contributed by atoms with Gasteiger partial charge in [0.2, 0.25) is 5.75 Å². The molecule has 0 heterocycles. The number of alkyl halides is 1. The smallest absolute Gasteiger partial charge is 0.311 e. The fraction of sp³-hybridized carbons (Fsp3) is 0.0769. The molecule has 0 aliphatic carbocycles. The van der Waals surface area contributed by atoms with Crippen LogP contribution in [0.4, 0.5) is 5.69 Å². The molecule has 2 aromatic rings. The molecule has 7 heteroatoms. The van der Waals surface area contributed by atoms with Crippen LogP contribution in [0, 0.1) is 10.1 Å². The van der Waals surface area contributed by atoms with Gasteiger partial charge in [-0.15, -0.1) is 0 Å². The zero-order chi connectivity index (χ0) is 14.7. The molecule has 2 rings (SSSR count). The summed E-state index contributed by atoms with van der Waals surface area (Å²) in [5.74, 6) is 0.655. The summed E-state index contributed by atoms with van der Waals surface area (Å²) in [7, 11) is 0. The van der Waals surface area contributed by atoms with E-state index >= 15 is 0 Å². The highest BCUT2D eigenvalue weighted by molar-refractivity contribution is 9.10. The summed E-state index contributed by atoms with van der Waals surface area (Å²) in [5.41, 5.74) is 0.742. The Balaban J connectivity index is 2.44. The van der Waals surface area contributed by atoms with Gasteiger partial charge in [0, 0.05) is 32.5 Å².